The maximum absolute atomic E-state index is 13.1. The molecule has 0 N–H and O–H groups in total. The zero-order chi connectivity index (χ0) is 23.4. The molecular weight excluding hydrogens is 459 g/mol. The smallest absolute Gasteiger partial charge is 0.303 e. The van der Waals surface area contributed by atoms with Crippen LogP contribution in [-0.4, -0.2) is 53.9 Å². The third kappa shape index (κ3) is 3.15. The van der Waals surface area contributed by atoms with E-state index in [-0.39, 0.29) is 0 Å². The Bertz CT molecular complexity index is 585. The van der Waals surface area contributed by atoms with Crippen molar-refractivity contribution in [2.24, 2.45) is 0 Å². The fraction of sp³-hybridized carbons (Fsp3) is 0.900. The molecule has 0 aromatic rings. The molecule has 0 aliphatic rings. The monoisotopic (exact) mass is 462 g/mol. The van der Waals surface area contributed by atoms with E-state index in [1.54, 1.807) is 0 Å². The summed E-state index contributed by atoms with van der Waals surface area (Å²) in [5.74, 6) is -56.7. The fourth-order valence-electron chi connectivity index (χ4n) is 1.43. The second-order valence-electron chi connectivity index (χ2n) is 5.02. The molecule has 0 aromatic heterocycles. The van der Waals surface area contributed by atoms with E-state index in [1.165, 1.54) is 0 Å². The van der Waals surface area contributed by atoms with Crippen LogP contribution in [0.25, 0.3) is 0 Å². The Kier molecular flexibility index (Phi) is 6.14. The standard InChI is InChI=1S/C10H3F17O/c11-3(12,1-2-28)4(13,14)5(15,16)6(17,18)7(19,20)8(21,22)9(23,24)10(25,26)27/h2H,1H2. The molecule has 0 aromatic carbocycles. The molecule has 0 fully saturated rings. The number of hydrogen-bond acceptors (Lipinski definition) is 1. The highest BCUT2D eigenvalue weighted by molar-refractivity contribution is 5.51. The van der Waals surface area contributed by atoms with Gasteiger partial charge in [0.05, 0.1) is 6.42 Å². The van der Waals surface area contributed by atoms with Crippen molar-refractivity contribution in [1.82, 2.24) is 0 Å². The van der Waals surface area contributed by atoms with Gasteiger partial charge in [-0.25, -0.2) is 0 Å². The molecule has 0 spiro atoms. The molecule has 0 radical (unpaired) electrons. The van der Waals surface area contributed by atoms with E-state index in [0.29, 0.717) is 0 Å². The largest absolute Gasteiger partial charge is 0.460 e. The van der Waals surface area contributed by atoms with Crippen LogP contribution in [0.3, 0.4) is 0 Å². The molecule has 168 valence electrons. The first-order valence-corrected chi connectivity index (χ1v) is 5.96. The maximum Gasteiger partial charge on any atom is 0.460 e. The topological polar surface area (TPSA) is 17.1 Å². The quantitative estimate of drug-likeness (QED) is 0.340. The van der Waals surface area contributed by atoms with Crippen LogP contribution >= 0.6 is 0 Å². The van der Waals surface area contributed by atoms with Crippen LogP contribution in [0.15, 0.2) is 0 Å². The summed E-state index contributed by atoms with van der Waals surface area (Å²) in [5, 5.41) is 0. The minimum atomic E-state index is -8.65. The molecule has 1 nitrogen and oxygen atoms in total. The zero-order valence-corrected chi connectivity index (χ0v) is 12.1. The average Bonchev–Trinajstić information content (AvgIpc) is 2.44. The lowest BCUT2D eigenvalue weighted by Gasteiger charge is -2.42. The zero-order valence-electron chi connectivity index (χ0n) is 12.1. The molecule has 0 saturated carbocycles. The Labute approximate surface area is 141 Å². The van der Waals surface area contributed by atoms with E-state index in [0.717, 1.165) is 0 Å². The third-order valence-electron chi connectivity index (χ3n) is 3.13. The number of aldehydes is 1. The summed E-state index contributed by atoms with van der Waals surface area (Å²) < 4.78 is 216. The van der Waals surface area contributed by atoms with Gasteiger partial charge in [-0.15, -0.1) is 0 Å². The van der Waals surface area contributed by atoms with Gasteiger partial charge in [-0.2, -0.15) is 74.6 Å². The lowest BCUT2D eigenvalue weighted by Crippen LogP contribution is -2.74. The number of alkyl halides is 17. The molecule has 0 atom stereocenters. The number of halogens is 17. The van der Waals surface area contributed by atoms with Crippen molar-refractivity contribution in [3.8, 4) is 0 Å². The van der Waals surface area contributed by atoms with E-state index in [1.807, 2.05) is 0 Å². The van der Waals surface area contributed by atoms with Gasteiger partial charge in [0.15, 0.2) is 0 Å². The number of carbonyl (C=O) groups is 1. The van der Waals surface area contributed by atoms with Gasteiger partial charge in [0.25, 0.3) is 0 Å². The van der Waals surface area contributed by atoms with Crippen LogP contribution < -0.4 is 0 Å². The Morgan fingerprint density at radius 3 is 0.929 bits per heavy atom. The molecule has 0 unspecified atom stereocenters. The van der Waals surface area contributed by atoms with E-state index >= 15 is 0 Å². The summed E-state index contributed by atoms with van der Waals surface area (Å²) in [6, 6.07) is 0. The normalized spacial score (nSPS) is 16.3. The molecule has 28 heavy (non-hydrogen) atoms. The Hall–Kier alpha value is -1.52. The van der Waals surface area contributed by atoms with Crippen LogP contribution in [-0.2, 0) is 4.79 Å². The fourth-order valence-corrected chi connectivity index (χ4v) is 1.43. The van der Waals surface area contributed by atoms with Gasteiger partial charge >= 0.3 is 47.6 Å². The SMILES string of the molecule is O=CCC(F)(F)C(F)(F)C(F)(F)C(F)(F)C(F)(F)C(F)(F)C(F)(F)C(F)(F)F. The summed E-state index contributed by atoms with van der Waals surface area (Å²) in [6.07, 6.45) is -12.2. The molecular formula is C10H3F17O. The summed E-state index contributed by atoms with van der Waals surface area (Å²) >= 11 is 0. The van der Waals surface area contributed by atoms with Gasteiger partial charge in [0.1, 0.15) is 6.29 Å². The number of hydrogen-bond donors (Lipinski definition) is 0. The Balaban J connectivity index is 6.67. The van der Waals surface area contributed by atoms with Crippen molar-refractivity contribution in [2.45, 2.75) is 54.1 Å². The van der Waals surface area contributed by atoms with Gasteiger partial charge in [0.2, 0.25) is 0 Å². The van der Waals surface area contributed by atoms with Crippen molar-refractivity contribution < 1.29 is 79.4 Å². The minimum Gasteiger partial charge on any atom is -0.303 e. The first-order chi connectivity index (χ1) is 11.8. The van der Waals surface area contributed by atoms with Gasteiger partial charge in [-0.3, -0.25) is 0 Å². The number of rotatable bonds is 8. The highest BCUT2D eigenvalue weighted by Gasteiger charge is 2.95. The average molecular weight is 462 g/mol. The van der Waals surface area contributed by atoms with Crippen LogP contribution in [0.2, 0.25) is 0 Å². The van der Waals surface area contributed by atoms with Gasteiger partial charge in [-0.1, -0.05) is 0 Å². The van der Waals surface area contributed by atoms with Crippen molar-refractivity contribution in [1.29, 1.82) is 0 Å². The lowest BCUT2D eigenvalue weighted by atomic mass is 9.88. The third-order valence-corrected chi connectivity index (χ3v) is 3.13. The highest BCUT2D eigenvalue weighted by atomic mass is 19.4. The van der Waals surface area contributed by atoms with E-state index in [2.05, 4.69) is 0 Å². The lowest BCUT2D eigenvalue weighted by molar-refractivity contribution is -0.461. The second kappa shape index (κ2) is 6.50. The summed E-state index contributed by atoms with van der Waals surface area (Å²) in [6.45, 7) is 0. The van der Waals surface area contributed by atoms with Gasteiger partial charge < -0.3 is 4.79 Å². The van der Waals surface area contributed by atoms with Crippen molar-refractivity contribution >= 4 is 6.29 Å². The second-order valence-corrected chi connectivity index (χ2v) is 5.02. The predicted octanol–water partition coefficient (Wildman–Crippen LogP) is 5.58. The maximum atomic E-state index is 13.1. The van der Waals surface area contributed by atoms with Crippen LogP contribution in [0.1, 0.15) is 6.42 Å². The minimum absolute atomic E-state index is 1.31. The molecule has 0 bridgehead atoms. The van der Waals surface area contributed by atoms with E-state index in [4.69, 9.17) is 0 Å². The summed E-state index contributed by atoms with van der Waals surface area (Å²) in [4.78, 5) is 9.70. The Morgan fingerprint density at radius 2 is 0.679 bits per heavy atom. The Morgan fingerprint density at radius 1 is 0.429 bits per heavy atom. The van der Waals surface area contributed by atoms with Crippen molar-refractivity contribution in [3.63, 3.8) is 0 Å². The molecule has 0 rings (SSSR count). The van der Waals surface area contributed by atoms with Crippen LogP contribution in [0.5, 0.6) is 0 Å². The van der Waals surface area contributed by atoms with Gasteiger partial charge in [0, 0.05) is 0 Å². The van der Waals surface area contributed by atoms with Crippen molar-refractivity contribution in [3.05, 3.63) is 0 Å². The van der Waals surface area contributed by atoms with Gasteiger partial charge in [-0.05, 0) is 0 Å². The molecule has 0 aliphatic carbocycles. The number of carbonyl (C=O) groups excluding carboxylic acids is 1. The molecule has 0 heterocycles. The predicted molar refractivity (Wildman–Crippen MR) is 51.4 cm³/mol. The first-order valence-electron chi connectivity index (χ1n) is 5.96. The van der Waals surface area contributed by atoms with Crippen LogP contribution in [0.4, 0.5) is 74.6 Å². The summed E-state index contributed by atoms with van der Waals surface area (Å²) in [5.41, 5.74) is 0. The molecule has 0 saturated heterocycles. The van der Waals surface area contributed by atoms with E-state index in [9.17, 15) is 79.4 Å². The highest BCUT2D eigenvalue weighted by Crippen LogP contribution is 2.64. The van der Waals surface area contributed by atoms with E-state index < -0.39 is 60.3 Å². The molecule has 0 amide bonds. The van der Waals surface area contributed by atoms with Crippen LogP contribution in [0, 0.1) is 0 Å². The first kappa shape index (κ1) is 26.5. The molecule has 0 aliphatic heterocycles. The summed E-state index contributed by atoms with van der Waals surface area (Å²) in [7, 11) is 0. The van der Waals surface area contributed by atoms with Crippen molar-refractivity contribution in [2.75, 3.05) is 0 Å². The molecule has 18 heteroatoms.